The maximum atomic E-state index is 10.6. The fourth-order valence-electron chi connectivity index (χ4n) is 1.62. The molecule has 0 fully saturated rings. The molecule has 1 amide bonds. The monoisotopic (exact) mass is 255 g/mol. The Morgan fingerprint density at radius 2 is 2.12 bits per heavy atom. The molecule has 0 aliphatic heterocycles. The molecule has 17 heavy (non-hydrogen) atoms. The van der Waals surface area contributed by atoms with Crippen molar-refractivity contribution in [1.29, 1.82) is 0 Å². The maximum Gasteiger partial charge on any atom is 0.217 e. The van der Waals surface area contributed by atoms with Crippen molar-refractivity contribution in [2.75, 3.05) is 24.2 Å². The van der Waals surface area contributed by atoms with Crippen molar-refractivity contribution in [2.45, 2.75) is 19.3 Å². The molecular formula is C12H18ClN3O. The molecule has 0 saturated heterocycles. The molecule has 5 heteroatoms. The van der Waals surface area contributed by atoms with E-state index in [4.69, 9.17) is 23.1 Å². The number of nitrogens with two attached hydrogens (primary N) is 2. The van der Waals surface area contributed by atoms with Gasteiger partial charge in [0.05, 0.1) is 11.4 Å². The molecule has 0 aromatic heterocycles. The first-order valence-corrected chi connectivity index (χ1v) is 5.93. The van der Waals surface area contributed by atoms with Crippen LogP contribution >= 0.6 is 11.6 Å². The van der Waals surface area contributed by atoms with Crippen LogP contribution in [0.4, 0.5) is 11.4 Å². The molecule has 0 aliphatic rings. The van der Waals surface area contributed by atoms with E-state index in [-0.39, 0.29) is 5.91 Å². The Morgan fingerprint density at radius 1 is 1.41 bits per heavy atom. The average Bonchev–Trinajstić information content (AvgIpc) is 2.27. The van der Waals surface area contributed by atoms with E-state index in [0.29, 0.717) is 17.1 Å². The molecule has 0 unspecified atom stereocenters. The van der Waals surface area contributed by atoms with E-state index < -0.39 is 0 Å². The summed E-state index contributed by atoms with van der Waals surface area (Å²) in [6, 6.07) is 5.39. The fourth-order valence-corrected chi connectivity index (χ4v) is 1.78. The minimum Gasteiger partial charge on any atom is -0.397 e. The van der Waals surface area contributed by atoms with E-state index in [1.807, 2.05) is 18.0 Å². The Kier molecular flexibility index (Phi) is 5.10. The fraction of sp³-hybridized carbons (Fsp3) is 0.417. The van der Waals surface area contributed by atoms with Crippen molar-refractivity contribution in [3.63, 3.8) is 0 Å². The van der Waals surface area contributed by atoms with Gasteiger partial charge in [-0.3, -0.25) is 4.79 Å². The maximum absolute atomic E-state index is 10.6. The van der Waals surface area contributed by atoms with Crippen molar-refractivity contribution in [1.82, 2.24) is 0 Å². The zero-order valence-corrected chi connectivity index (χ0v) is 10.7. The van der Waals surface area contributed by atoms with Gasteiger partial charge in [0.1, 0.15) is 0 Å². The van der Waals surface area contributed by atoms with Gasteiger partial charge in [-0.2, -0.15) is 0 Å². The number of hydrogen-bond donors (Lipinski definition) is 2. The molecule has 0 spiro atoms. The predicted molar refractivity (Wildman–Crippen MR) is 72.2 cm³/mol. The molecule has 0 atom stereocenters. The van der Waals surface area contributed by atoms with E-state index in [9.17, 15) is 4.79 Å². The highest BCUT2D eigenvalue weighted by Crippen LogP contribution is 2.26. The SMILES string of the molecule is CN(CCCCC(N)=O)c1cc(Cl)ccc1N. The highest BCUT2D eigenvalue weighted by molar-refractivity contribution is 6.31. The molecule has 0 saturated carbocycles. The molecule has 1 rings (SSSR count). The van der Waals surface area contributed by atoms with E-state index >= 15 is 0 Å². The van der Waals surface area contributed by atoms with Crippen LogP contribution in [0.1, 0.15) is 19.3 Å². The first-order valence-electron chi connectivity index (χ1n) is 5.55. The second-order valence-corrected chi connectivity index (χ2v) is 4.48. The molecule has 1 aromatic rings. The summed E-state index contributed by atoms with van der Waals surface area (Å²) < 4.78 is 0. The third kappa shape index (κ3) is 4.53. The van der Waals surface area contributed by atoms with Crippen LogP contribution in [0.5, 0.6) is 0 Å². The number of unbranched alkanes of at least 4 members (excludes halogenated alkanes) is 1. The van der Waals surface area contributed by atoms with Crippen molar-refractivity contribution in [2.24, 2.45) is 5.73 Å². The van der Waals surface area contributed by atoms with Crippen LogP contribution in [-0.2, 0) is 4.79 Å². The highest BCUT2D eigenvalue weighted by atomic mass is 35.5. The normalized spacial score (nSPS) is 10.2. The van der Waals surface area contributed by atoms with Crippen LogP contribution in [-0.4, -0.2) is 19.5 Å². The molecule has 0 bridgehead atoms. The Labute approximate surface area is 107 Å². The van der Waals surface area contributed by atoms with E-state index in [1.165, 1.54) is 0 Å². The van der Waals surface area contributed by atoms with Crippen LogP contribution in [0.2, 0.25) is 5.02 Å². The number of primary amides is 1. The van der Waals surface area contributed by atoms with Crippen LogP contribution in [0.3, 0.4) is 0 Å². The number of benzene rings is 1. The lowest BCUT2D eigenvalue weighted by atomic mass is 10.2. The number of nitrogen functional groups attached to an aromatic ring is 1. The molecule has 4 nitrogen and oxygen atoms in total. The summed E-state index contributed by atoms with van der Waals surface area (Å²) in [6.45, 7) is 0.817. The van der Waals surface area contributed by atoms with Gasteiger partial charge in [-0.1, -0.05) is 11.6 Å². The topological polar surface area (TPSA) is 72.3 Å². The Morgan fingerprint density at radius 3 is 2.76 bits per heavy atom. The third-order valence-electron chi connectivity index (χ3n) is 2.57. The Bertz CT molecular complexity index is 395. The standard InChI is InChI=1S/C12H18ClN3O/c1-16(7-3-2-4-12(15)17)11-8-9(13)5-6-10(11)14/h5-6,8H,2-4,7,14H2,1H3,(H2,15,17). The summed E-state index contributed by atoms with van der Waals surface area (Å²) >= 11 is 5.92. The van der Waals surface area contributed by atoms with Crippen LogP contribution in [0.25, 0.3) is 0 Å². The third-order valence-corrected chi connectivity index (χ3v) is 2.81. The summed E-state index contributed by atoms with van der Waals surface area (Å²) in [6.07, 6.45) is 2.12. The number of amides is 1. The molecular weight excluding hydrogens is 238 g/mol. The zero-order chi connectivity index (χ0) is 12.8. The van der Waals surface area contributed by atoms with Crippen molar-refractivity contribution < 1.29 is 4.79 Å². The number of carbonyl (C=O) groups excluding carboxylic acids is 1. The number of halogens is 1. The first kappa shape index (κ1) is 13.6. The Hall–Kier alpha value is -1.42. The lowest BCUT2D eigenvalue weighted by Gasteiger charge is -2.21. The number of rotatable bonds is 6. The summed E-state index contributed by atoms with van der Waals surface area (Å²) in [5.74, 6) is -0.255. The highest BCUT2D eigenvalue weighted by Gasteiger charge is 2.06. The molecule has 0 aliphatic carbocycles. The summed E-state index contributed by atoms with van der Waals surface area (Å²) in [7, 11) is 1.95. The lowest BCUT2D eigenvalue weighted by Crippen LogP contribution is -2.20. The number of carbonyl (C=O) groups is 1. The van der Waals surface area contributed by atoms with Gasteiger partial charge in [-0.25, -0.2) is 0 Å². The van der Waals surface area contributed by atoms with Crippen molar-refractivity contribution in [3.05, 3.63) is 23.2 Å². The molecule has 1 aromatic carbocycles. The average molecular weight is 256 g/mol. The summed E-state index contributed by atoms with van der Waals surface area (Å²) in [5, 5.41) is 0.665. The van der Waals surface area contributed by atoms with Gasteiger partial charge < -0.3 is 16.4 Å². The quantitative estimate of drug-likeness (QED) is 0.603. The number of anilines is 2. The van der Waals surface area contributed by atoms with E-state index in [0.717, 1.165) is 25.1 Å². The van der Waals surface area contributed by atoms with Gasteiger partial charge in [0, 0.05) is 25.0 Å². The smallest absolute Gasteiger partial charge is 0.217 e. The van der Waals surface area contributed by atoms with E-state index in [1.54, 1.807) is 12.1 Å². The lowest BCUT2D eigenvalue weighted by molar-refractivity contribution is -0.118. The first-order chi connectivity index (χ1) is 8.00. The Balaban J connectivity index is 2.49. The summed E-state index contributed by atoms with van der Waals surface area (Å²) in [4.78, 5) is 12.6. The van der Waals surface area contributed by atoms with E-state index in [2.05, 4.69) is 0 Å². The molecule has 4 N–H and O–H groups in total. The van der Waals surface area contributed by atoms with Crippen molar-refractivity contribution >= 4 is 28.9 Å². The number of nitrogens with zero attached hydrogens (tertiary/aromatic N) is 1. The van der Waals surface area contributed by atoms with Crippen LogP contribution in [0.15, 0.2) is 18.2 Å². The second kappa shape index (κ2) is 6.35. The largest absolute Gasteiger partial charge is 0.397 e. The molecule has 0 heterocycles. The zero-order valence-electron chi connectivity index (χ0n) is 9.95. The molecule has 94 valence electrons. The number of hydrogen-bond acceptors (Lipinski definition) is 3. The van der Waals surface area contributed by atoms with Gasteiger partial charge in [0.15, 0.2) is 0 Å². The van der Waals surface area contributed by atoms with Gasteiger partial charge >= 0.3 is 0 Å². The van der Waals surface area contributed by atoms with Gasteiger partial charge in [0.25, 0.3) is 0 Å². The summed E-state index contributed by atoms with van der Waals surface area (Å²) in [5.41, 5.74) is 12.6. The van der Waals surface area contributed by atoms with Crippen molar-refractivity contribution in [3.8, 4) is 0 Å². The van der Waals surface area contributed by atoms with Crippen LogP contribution in [0, 0.1) is 0 Å². The van der Waals surface area contributed by atoms with Gasteiger partial charge in [-0.05, 0) is 31.0 Å². The second-order valence-electron chi connectivity index (χ2n) is 4.05. The van der Waals surface area contributed by atoms with Gasteiger partial charge in [0.2, 0.25) is 5.91 Å². The van der Waals surface area contributed by atoms with Gasteiger partial charge in [-0.15, -0.1) is 0 Å². The minimum atomic E-state index is -0.255. The predicted octanol–water partition coefficient (Wildman–Crippen LogP) is 2.01. The minimum absolute atomic E-state index is 0.255. The molecule has 0 radical (unpaired) electrons. The van der Waals surface area contributed by atoms with Crippen LogP contribution < -0.4 is 16.4 Å².